The number of hydrazone groups is 1. The first-order valence-electron chi connectivity index (χ1n) is 8.46. The number of halogens is 1. The van der Waals surface area contributed by atoms with Gasteiger partial charge >= 0.3 is 0 Å². The minimum Gasteiger partial charge on any atom is -0.370 e. The second-order valence-electron chi connectivity index (χ2n) is 5.75. The van der Waals surface area contributed by atoms with E-state index in [4.69, 9.17) is 17.0 Å². The molecule has 0 aromatic heterocycles. The molecule has 1 aliphatic rings. The maximum absolute atomic E-state index is 5.37. The van der Waals surface area contributed by atoms with Crippen molar-refractivity contribution >= 4 is 39.0 Å². The van der Waals surface area contributed by atoms with Crippen molar-refractivity contribution in [1.82, 2.24) is 10.7 Å². The second kappa shape index (κ2) is 10.8. The van der Waals surface area contributed by atoms with E-state index in [1.807, 2.05) is 12.1 Å². The lowest BCUT2D eigenvalue weighted by Crippen LogP contribution is -3.14. The smallest absolute Gasteiger partial charge is 0.186 e. The minimum atomic E-state index is 0.579. The van der Waals surface area contributed by atoms with Gasteiger partial charge in [-0.3, -0.25) is 5.43 Å². The number of rotatable bonds is 7. The molecule has 0 unspecified atom stereocenters. The molecule has 0 amide bonds. The Balaban J connectivity index is 1.69. The number of benzene rings is 1. The predicted molar refractivity (Wildman–Crippen MR) is 106 cm³/mol. The SMILES string of the molecule is CC/C(=N/NC(=S)NCCC[NH+]1CCOCC1)c1ccc(Br)cc1. The number of nitrogens with one attached hydrogen (secondary N) is 3. The van der Waals surface area contributed by atoms with Crippen LogP contribution in [0.25, 0.3) is 0 Å². The number of nitrogens with zero attached hydrogens (tertiary/aromatic N) is 1. The lowest BCUT2D eigenvalue weighted by molar-refractivity contribution is -0.908. The van der Waals surface area contributed by atoms with Crippen molar-refractivity contribution < 1.29 is 9.64 Å². The summed E-state index contributed by atoms with van der Waals surface area (Å²) in [5, 5.41) is 8.24. The molecule has 132 valence electrons. The van der Waals surface area contributed by atoms with Crippen LogP contribution in [0.2, 0.25) is 0 Å². The zero-order valence-electron chi connectivity index (χ0n) is 14.1. The molecule has 1 heterocycles. The lowest BCUT2D eigenvalue weighted by atomic mass is 10.1. The minimum absolute atomic E-state index is 0.579. The van der Waals surface area contributed by atoms with Gasteiger partial charge in [0, 0.05) is 17.4 Å². The monoisotopic (exact) mass is 413 g/mol. The summed E-state index contributed by atoms with van der Waals surface area (Å²) in [6.07, 6.45) is 1.94. The van der Waals surface area contributed by atoms with Crippen molar-refractivity contribution in [3.8, 4) is 0 Å². The third-order valence-corrected chi connectivity index (χ3v) is 4.76. The molecule has 1 fully saturated rings. The van der Waals surface area contributed by atoms with Crippen molar-refractivity contribution in [3.05, 3.63) is 34.3 Å². The molecular formula is C17H26BrN4OS+. The van der Waals surface area contributed by atoms with Gasteiger partial charge in [0.2, 0.25) is 0 Å². The summed E-state index contributed by atoms with van der Waals surface area (Å²) < 4.78 is 6.43. The molecule has 0 aliphatic carbocycles. The molecule has 3 N–H and O–H groups in total. The molecule has 1 aliphatic heterocycles. The van der Waals surface area contributed by atoms with Crippen LogP contribution in [0.5, 0.6) is 0 Å². The van der Waals surface area contributed by atoms with Crippen molar-refractivity contribution in [2.75, 3.05) is 39.4 Å². The fraction of sp³-hybridized carbons (Fsp3) is 0.529. The van der Waals surface area contributed by atoms with Gasteiger partial charge in [-0.1, -0.05) is 35.0 Å². The molecule has 7 heteroatoms. The maximum atomic E-state index is 5.37. The van der Waals surface area contributed by atoms with E-state index in [1.165, 1.54) is 0 Å². The Kier molecular flexibility index (Phi) is 8.66. The standard InChI is InChI=1S/C17H25BrN4OS/c1-2-16(14-4-6-15(18)7-5-14)20-21-17(24)19-8-3-9-22-10-12-23-13-11-22/h4-7H,2-3,8-13H2,1H3,(H2,19,21,24)/p+1/b20-16-. The highest BCUT2D eigenvalue weighted by Crippen LogP contribution is 2.12. The summed E-state index contributed by atoms with van der Waals surface area (Å²) in [6, 6.07) is 8.14. The van der Waals surface area contributed by atoms with Gasteiger partial charge in [0.05, 0.1) is 25.5 Å². The Morgan fingerprint density at radius 2 is 2.00 bits per heavy atom. The highest BCUT2D eigenvalue weighted by Gasteiger charge is 2.12. The Morgan fingerprint density at radius 1 is 1.29 bits per heavy atom. The van der Waals surface area contributed by atoms with Crippen molar-refractivity contribution in [2.45, 2.75) is 19.8 Å². The summed E-state index contributed by atoms with van der Waals surface area (Å²) in [4.78, 5) is 1.61. The number of hydrogen-bond donors (Lipinski definition) is 3. The summed E-state index contributed by atoms with van der Waals surface area (Å²) >= 11 is 8.74. The second-order valence-corrected chi connectivity index (χ2v) is 7.08. The highest BCUT2D eigenvalue weighted by molar-refractivity contribution is 9.10. The number of morpholine rings is 1. The van der Waals surface area contributed by atoms with Crippen LogP contribution in [0.3, 0.4) is 0 Å². The van der Waals surface area contributed by atoms with Gasteiger partial charge in [-0.05, 0) is 36.3 Å². The molecule has 1 aromatic rings. The van der Waals surface area contributed by atoms with Crippen LogP contribution in [0.15, 0.2) is 33.8 Å². The fourth-order valence-corrected chi connectivity index (χ4v) is 3.01. The van der Waals surface area contributed by atoms with Crippen LogP contribution in [0.4, 0.5) is 0 Å². The average Bonchev–Trinajstić information content (AvgIpc) is 2.61. The van der Waals surface area contributed by atoms with E-state index in [9.17, 15) is 0 Å². The summed E-state index contributed by atoms with van der Waals surface area (Å²) in [6.45, 7) is 8.09. The molecule has 1 aromatic carbocycles. The van der Waals surface area contributed by atoms with Gasteiger partial charge in [-0.25, -0.2) is 0 Å². The van der Waals surface area contributed by atoms with Crippen LogP contribution in [0, 0.1) is 0 Å². The maximum Gasteiger partial charge on any atom is 0.186 e. The van der Waals surface area contributed by atoms with Gasteiger partial charge in [-0.15, -0.1) is 0 Å². The van der Waals surface area contributed by atoms with E-state index in [0.717, 1.165) is 68.0 Å². The fourth-order valence-electron chi connectivity index (χ4n) is 2.60. The number of quaternary nitrogens is 1. The summed E-state index contributed by atoms with van der Waals surface area (Å²) in [5.74, 6) is 0. The number of ether oxygens (including phenoxy) is 1. The quantitative estimate of drug-likeness (QED) is 0.273. The Labute approximate surface area is 158 Å². The molecule has 0 bridgehead atoms. The molecule has 5 nitrogen and oxygen atoms in total. The first kappa shape index (κ1) is 19.3. The van der Waals surface area contributed by atoms with Gasteiger partial charge < -0.3 is 15.0 Å². The third-order valence-electron chi connectivity index (χ3n) is 4.00. The highest BCUT2D eigenvalue weighted by atomic mass is 79.9. The van der Waals surface area contributed by atoms with Crippen LogP contribution < -0.4 is 15.6 Å². The summed E-state index contributed by atoms with van der Waals surface area (Å²) in [5.41, 5.74) is 5.05. The zero-order valence-corrected chi connectivity index (χ0v) is 16.5. The van der Waals surface area contributed by atoms with Gasteiger partial charge in [-0.2, -0.15) is 5.10 Å². The molecule has 0 radical (unpaired) electrons. The van der Waals surface area contributed by atoms with E-state index in [1.54, 1.807) is 4.90 Å². The number of hydrogen-bond acceptors (Lipinski definition) is 3. The van der Waals surface area contributed by atoms with E-state index in [0.29, 0.717) is 5.11 Å². The summed E-state index contributed by atoms with van der Waals surface area (Å²) in [7, 11) is 0. The van der Waals surface area contributed by atoms with E-state index >= 15 is 0 Å². The van der Waals surface area contributed by atoms with Gasteiger partial charge in [0.1, 0.15) is 13.1 Å². The van der Waals surface area contributed by atoms with Gasteiger partial charge in [0.15, 0.2) is 5.11 Å². The normalized spacial score (nSPS) is 16.0. The van der Waals surface area contributed by atoms with Crippen LogP contribution >= 0.6 is 28.1 Å². The van der Waals surface area contributed by atoms with Gasteiger partial charge in [0.25, 0.3) is 0 Å². The van der Waals surface area contributed by atoms with E-state index in [-0.39, 0.29) is 0 Å². The number of thiocarbonyl (C=S) groups is 1. The van der Waals surface area contributed by atoms with E-state index < -0.39 is 0 Å². The lowest BCUT2D eigenvalue weighted by Gasteiger charge is -2.23. The molecule has 24 heavy (non-hydrogen) atoms. The molecular weight excluding hydrogens is 388 g/mol. The largest absolute Gasteiger partial charge is 0.370 e. The Hall–Kier alpha value is -1.02. The van der Waals surface area contributed by atoms with Crippen LogP contribution in [-0.4, -0.2) is 50.2 Å². The molecule has 2 rings (SSSR count). The molecule has 0 spiro atoms. The molecule has 0 saturated carbocycles. The third kappa shape index (κ3) is 6.84. The van der Waals surface area contributed by atoms with E-state index in [2.05, 4.69) is 50.8 Å². The van der Waals surface area contributed by atoms with Crippen LogP contribution in [-0.2, 0) is 4.74 Å². The Morgan fingerprint density at radius 3 is 2.67 bits per heavy atom. The topological polar surface area (TPSA) is 50.1 Å². The first-order valence-corrected chi connectivity index (χ1v) is 9.67. The average molecular weight is 414 g/mol. The molecule has 0 atom stereocenters. The van der Waals surface area contributed by atoms with Crippen LogP contribution in [0.1, 0.15) is 25.3 Å². The Bertz CT molecular complexity index is 544. The van der Waals surface area contributed by atoms with Crippen molar-refractivity contribution in [2.24, 2.45) is 5.10 Å². The first-order chi connectivity index (χ1) is 11.7. The predicted octanol–water partition coefficient (Wildman–Crippen LogP) is 1.33. The molecule has 1 saturated heterocycles. The van der Waals surface area contributed by atoms with Crippen molar-refractivity contribution in [3.63, 3.8) is 0 Å². The van der Waals surface area contributed by atoms with Crippen molar-refractivity contribution in [1.29, 1.82) is 0 Å². The zero-order chi connectivity index (χ0) is 17.2.